The number of halogens is 1. The van der Waals surface area contributed by atoms with Gasteiger partial charge in [-0.05, 0) is 24.3 Å². The van der Waals surface area contributed by atoms with E-state index in [1.54, 1.807) is 12.4 Å². The van der Waals surface area contributed by atoms with E-state index in [4.69, 9.17) is 0 Å². The maximum absolute atomic E-state index is 12.9. The van der Waals surface area contributed by atoms with Crippen LogP contribution in [0.15, 0.2) is 41.6 Å². The minimum absolute atomic E-state index is 0.0216. The van der Waals surface area contributed by atoms with Crippen molar-refractivity contribution in [1.82, 2.24) is 19.6 Å². The molecule has 0 atom stereocenters. The third-order valence-electron chi connectivity index (χ3n) is 3.66. The lowest BCUT2D eigenvalue weighted by atomic mass is 10.0. The summed E-state index contributed by atoms with van der Waals surface area (Å²) in [6, 6.07) is 4.63. The molecule has 122 valence electrons. The van der Waals surface area contributed by atoms with Crippen LogP contribution in [0.3, 0.4) is 0 Å². The Morgan fingerprint density at radius 1 is 1.35 bits per heavy atom. The maximum Gasteiger partial charge on any atom is 0.243 e. The lowest BCUT2D eigenvalue weighted by Gasteiger charge is -2.36. The van der Waals surface area contributed by atoms with Gasteiger partial charge in [0.15, 0.2) is 0 Å². The zero-order valence-electron chi connectivity index (χ0n) is 12.1. The number of imidazole rings is 1. The first kappa shape index (κ1) is 15.6. The van der Waals surface area contributed by atoms with Crippen LogP contribution in [0.4, 0.5) is 4.39 Å². The summed E-state index contributed by atoms with van der Waals surface area (Å²) in [6.07, 6.45) is 3.24. The van der Waals surface area contributed by atoms with Gasteiger partial charge in [-0.15, -0.1) is 0 Å². The van der Waals surface area contributed by atoms with Crippen LogP contribution in [0, 0.1) is 11.7 Å². The van der Waals surface area contributed by atoms with Gasteiger partial charge in [-0.1, -0.05) is 0 Å². The number of benzene rings is 1. The number of amides is 1. The number of nitrogens with zero attached hydrogens (tertiary/aromatic N) is 2. The van der Waals surface area contributed by atoms with Gasteiger partial charge in [0.2, 0.25) is 15.9 Å². The number of carbonyl (C=O) groups excluding carboxylic acids is 1. The van der Waals surface area contributed by atoms with Crippen LogP contribution >= 0.6 is 0 Å². The molecule has 2 heterocycles. The van der Waals surface area contributed by atoms with Gasteiger partial charge in [-0.3, -0.25) is 4.79 Å². The highest BCUT2D eigenvalue weighted by atomic mass is 32.2. The first-order valence-electron chi connectivity index (χ1n) is 6.98. The van der Waals surface area contributed by atoms with E-state index in [9.17, 15) is 17.6 Å². The molecule has 0 saturated carbocycles. The summed E-state index contributed by atoms with van der Waals surface area (Å²) in [5.41, 5.74) is 0. The molecule has 9 heteroatoms. The van der Waals surface area contributed by atoms with E-state index in [2.05, 4.69) is 15.3 Å². The highest BCUT2D eigenvalue weighted by Crippen LogP contribution is 2.25. The van der Waals surface area contributed by atoms with E-state index in [0.717, 1.165) is 12.1 Å². The maximum atomic E-state index is 12.9. The molecule has 3 rings (SSSR count). The van der Waals surface area contributed by atoms with E-state index in [-0.39, 0.29) is 36.4 Å². The molecule has 0 aliphatic carbocycles. The van der Waals surface area contributed by atoms with Gasteiger partial charge in [-0.25, -0.2) is 17.8 Å². The summed E-state index contributed by atoms with van der Waals surface area (Å²) in [4.78, 5) is 18.8. The summed E-state index contributed by atoms with van der Waals surface area (Å²) in [7, 11) is -3.68. The zero-order chi connectivity index (χ0) is 16.4. The number of carbonyl (C=O) groups is 1. The minimum Gasteiger partial charge on any atom is -0.349 e. The molecule has 0 spiro atoms. The average molecular weight is 338 g/mol. The van der Waals surface area contributed by atoms with Crippen LogP contribution in [0.25, 0.3) is 0 Å². The number of aromatic nitrogens is 2. The Labute approximate surface area is 132 Å². The van der Waals surface area contributed by atoms with Crippen molar-refractivity contribution in [3.05, 3.63) is 48.3 Å². The fraction of sp³-hybridized carbons (Fsp3) is 0.286. The number of H-pyrrole nitrogens is 1. The van der Waals surface area contributed by atoms with Crippen molar-refractivity contribution < 1.29 is 17.6 Å². The fourth-order valence-corrected chi connectivity index (χ4v) is 3.80. The van der Waals surface area contributed by atoms with Crippen LogP contribution in [0.5, 0.6) is 0 Å². The summed E-state index contributed by atoms with van der Waals surface area (Å²) < 4.78 is 38.7. The third kappa shape index (κ3) is 3.25. The van der Waals surface area contributed by atoms with Crippen LogP contribution < -0.4 is 5.32 Å². The first-order chi connectivity index (χ1) is 11.0. The molecule has 1 saturated heterocycles. The van der Waals surface area contributed by atoms with Crippen molar-refractivity contribution in [2.45, 2.75) is 11.4 Å². The number of aromatic amines is 1. The largest absolute Gasteiger partial charge is 0.349 e. The molecule has 1 amide bonds. The van der Waals surface area contributed by atoms with Gasteiger partial charge in [0, 0.05) is 25.5 Å². The second-order valence-electron chi connectivity index (χ2n) is 5.23. The first-order valence-corrected chi connectivity index (χ1v) is 8.42. The lowest BCUT2D eigenvalue weighted by molar-refractivity contribution is -0.128. The SMILES string of the molecule is O=C(NCc1ncc[nH]1)C1CN(S(=O)(=O)c2ccc(F)cc2)C1. The summed E-state index contributed by atoms with van der Waals surface area (Å²) in [5, 5.41) is 2.70. The Morgan fingerprint density at radius 2 is 2.04 bits per heavy atom. The van der Waals surface area contributed by atoms with E-state index < -0.39 is 15.8 Å². The number of hydrogen-bond acceptors (Lipinski definition) is 4. The Hall–Kier alpha value is -2.26. The Morgan fingerprint density at radius 3 is 2.65 bits per heavy atom. The monoisotopic (exact) mass is 338 g/mol. The normalized spacial score (nSPS) is 16.0. The van der Waals surface area contributed by atoms with E-state index in [0.29, 0.717) is 5.82 Å². The average Bonchev–Trinajstić information content (AvgIpc) is 2.97. The van der Waals surface area contributed by atoms with E-state index >= 15 is 0 Å². The molecule has 0 bridgehead atoms. The zero-order valence-corrected chi connectivity index (χ0v) is 12.9. The molecule has 1 aliphatic rings. The number of hydrogen-bond donors (Lipinski definition) is 2. The number of rotatable bonds is 5. The molecular weight excluding hydrogens is 323 g/mol. The molecule has 0 radical (unpaired) electrons. The van der Waals surface area contributed by atoms with Crippen LogP contribution in [0.2, 0.25) is 0 Å². The molecule has 2 aromatic rings. The minimum atomic E-state index is -3.68. The second-order valence-corrected chi connectivity index (χ2v) is 7.16. The molecule has 23 heavy (non-hydrogen) atoms. The van der Waals surface area contributed by atoms with Crippen molar-refractivity contribution in [2.75, 3.05) is 13.1 Å². The van der Waals surface area contributed by atoms with Gasteiger partial charge in [0.1, 0.15) is 11.6 Å². The summed E-state index contributed by atoms with van der Waals surface area (Å²) in [5.74, 6) is -0.469. The standard InChI is InChI=1S/C14H15FN4O3S/c15-11-1-3-12(4-2-11)23(21,22)19-8-10(9-19)14(20)18-7-13-16-5-6-17-13/h1-6,10H,7-9H2,(H,16,17)(H,18,20). The summed E-state index contributed by atoms with van der Waals surface area (Å²) in [6.45, 7) is 0.500. The van der Waals surface area contributed by atoms with Crippen molar-refractivity contribution in [3.63, 3.8) is 0 Å². The lowest BCUT2D eigenvalue weighted by Crippen LogP contribution is -2.55. The van der Waals surface area contributed by atoms with Gasteiger partial charge < -0.3 is 10.3 Å². The Balaban J connectivity index is 1.55. The predicted molar refractivity (Wildman–Crippen MR) is 79.1 cm³/mol. The molecule has 7 nitrogen and oxygen atoms in total. The van der Waals surface area contributed by atoms with Crippen LogP contribution in [0.1, 0.15) is 5.82 Å². The molecule has 1 fully saturated rings. The molecule has 1 aromatic carbocycles. The van der Waals surface area contributed by atoms with Gasteiger partial charge in [-0.2, -0.15) is 4.31 Å². The topological polar surface area (TPSA) is 95.2 Å². The van der Waals surface area contributed by atoms with Gasteiger partial charge in [0.25, 0.3) is 0 Å². The van der Waals surface area contributed by atoms with E-state index in [1.807, 2.05) is 0 Å². The van der Waals surface area contributed by atoms with E-state index in [1.165, 1.54) is 16.4 Å². The Kier molecular flexibility index (Phi) is 4.14. The summed E-state index contributed by atoms with van der Waals surface area (Å²) >= 11 is 0. The van der Waals surface area contributed by atoms with Gasteiger partial charge >= 0.3 is 0 Å². The van der Waals surface area contributed by atoms with Crippen LogP contribution in [-0.2, 0) is 21.4 Å². The smallest absolute Gasteiger partial charge is 0.243 e. The highest BCUT2D eigenvalue weighted by Gasteiger charge is 2.40. The van der Waals surface area contributed by atoms with Gasteiger partial charge in [0.05, 0.1) is 17.4 Å². The number of sulfonamides is 1. The van der Waals surface area contributed by atoms with Crippen LogP contribution in [-0.4, -0.2) is 41.7 Å². The molecule has 0 unspecified atom stereocenters. The van der Waals surface area contributed by atoms with Crippen molar-refractivity contribution >= 4 is 15.9 Å². The Bertz CT molecular complexity index is 784. The van der Waals surface area contributed by atoms with Crippen molar-refractivity contribution in [1.29, 1.82) is 0 Å². The molecule has 1 aliphatic heterocycles. The third-order valence-corrected chi connectivity index (χ3v) is 5.50. The highest BCUT2D eigenvalue weighted by molar-refractivity contribution is 7.89. The van der Waals surface area contributed by atoms with Crippen molar-refractivity contribution in [3.8, 4) is 0 Å². The predicted octanol–water partition coefficient (Wildman–Crippen LogP) is 0.486. The second kappa shape index (κ2) is 6.09. The quantitative estimate of drug-likeness (QED) is 0.829. The van der Waals surface area contributed by atoms with Crippen molar-refractivity contribution in [2.24, 2.45) is 5.92 Å². The fourth-order valence-electron chi connectivity index (χ4n) is 2.27. The molecular formula is C14H15FN4O3S. The molecule has 1 aromatic heterocycles. The number of nitrogens with one attached hydrogen (secondary N) is 2. The molecule has 2 N–H and O–H groups in total.